The number of carbonyl (C=O) groups excluding carboxylic acids is 1. The molecule has 7 heteroatoms. The lowest BCUT2D eigenvalue weighted by Crippen LogP contribution is -2.12. The summed E-state index contributed by atoms with van der Waals surface area (Å²) < 4.78 is 2.98. The zero-order valence-corrected chi connectivity index (χ0v) is 10.3. The Morgan fingerprint density at radius 2 is 2.18 bits per heavy atom. The van der Waals surface area contributed by atoms with Crippen molar-refractivity contribution in [2.75, 3.05) is 5.73 Å². The lowest BCUT2D eigenvalue weighted by Gasteiger charge is -2.04. The van der Waals surface area contributed by atoms with Crippen LogP contribution in [-0.2, 0) is 13.6 Å². The molecular formula is C10H12ClN5O. The highest BCUT2D eigenvalue weighted by atomic mass is 35.5. The van der Waals surface area contributed by atoms with Crippen LogP contribution in [0.1, 0.15) is 23.0 Å². The number of carbonyl (C=O) groups is 1. The first-order valence-electron chi connectivity index (χ1n) is 5.09. The summed E-state index contributed by atoms with van der Waals surface area (Å²) in [4.78, 5) is 12.3. The molecule has 0 spiro atoms. The summed E-state index contributed by atoms with van der Waals surface area (Å²) in [5.41, 5.74) is 6.44. The molecule has 2 aromatic heterocycles. The van der Waals surface area contributed by atoms with E-state index in [1.54, 1.807) is 7.05 Å². The number of nitrogens with two attached hydrogens (primary N) is 1. The van der Waals surface area contributed by atoms with Crippen molar-refractivity contribution in [2.24, 2.45) is 7.05 Å². The summed E-state index contributed by atoms with van der Waals surface area (Å²) in [6.07, 6.45) is 2.88. The van der Waals surface area contributed by atoms with Crippen molar-refractivity contribution in [3.05, 3.63) is 28.7 Å². The minimum absolute atomic E-state index is 0.264. The maximum Gasteiger partial charge on any atom is 0.217 e. The van der Waals surface area contributed by atoms with Gasteiger partial charge in [0.05, 0.1) is 23.0 Å². The molecule has 0 atom stereocenters. The first-order valence-corrected chi connectivity index (χ1v) is 5.47. The van der Waals surface area contributed by atoms with Gasteiger partial charge in [-0.25, -0.2) is 0 Å². The smallest absolute Gasteiger partial charge is 0.217 e. The Labute approximate surface area is 103 Å². The predicted octanol–water partition coefficient (Wildman–Crippen LogP) is 1.10. The van der Waals surface area contributed by atoms with E-state index in [2.05, 4.69) is 10.2 Å². The van der Waals surface area contributed by atoms with Crippen molar-refractivity contribution in [1.29, 1.82) is 0 Å². The third-order valence-corrected chi connectivity index (χ3v) is 2.82. The predicted molar refractivity (Wildman–Crippen MR) is 64.0 cm³/mol. The van der Waals surface area contributed by atoms with Crippen LogP contribution in [-0.4, -0.2) is 25.3 Å². The molecule has 0 aliphatic rings. The SMILES string of the molecule is CCn1ncc(Cl)c1C(=O)c1cnn(C)c1N. The number of hydrogen-bond acceptors (Lipinski definition) is 4. The van der Waals surface area contributed by atoms with E-state index in [9.17, 15) is 4.79 Å². The highest BCUT2D eigenvalue weighted by Crippen LogP contribution is 2.21. The summed E-state index contributed by atoms with van der Waals surface area (Å²) in [7, 11) is 1.67. The van der Waals surface area contributed by atoms with Gasteiger partial charge in [0.25, 0.3) is 0 Å². The van der Waals surface area contributed by atoms with Crippen molar-refractivity contribution < 1.29 is 4.79 Å². The highest BCUT2D eigenvalue weighted by Gasteiger charge is 2.22. The Hall–Kier alpha value is -1.82. The number of rotatable bonds is 3. The van der Waals surface area contributed by atoms with Gasteiger partial charge in [-0.1, -0.05) is 11.6 Å². The van der Waals surface area contributed by atoms with E-state index in [0.29, 0.717) is 28.6 Å². The van der Waals surface area contributed by atoms with Crippen LogP contribution in [0, 0.1) is 0 Å². The van der Waals surface area contributed by atoms with E-state index in [1.165, 1.54) is 21.8 Å². The van der Waals surface area contributed by atoms with E-state index < -0.39 is 0 Å². The lowest BCUT2D eigenvalue weighted by molar-refractivity contribution is 0.103. The average molecular weight is 254 g/mol. The maximum atomic E-state index is 12.3. The van der Waals surface area contributed by atoms with E-state index >= 15 is 0 Å². The second-order valence-electron chi connectivity index (χ2n) is 3.55. The number of anilines is 1. The molecule has 0 saturated heterocycles. The van der Waals surface area contributed by atoms with E-state index in [1.807, 2.05) is 6.92 Å². The van der Waals surface area contributed by atoms with Crippen molar-refractivity contribution >= 4 is 23.2 Å². The van der Waals surface area contributed by atoms with Gasteiger partial charge >= 0.3 is 0 Å². The second-order valence-corrected chi connectivity index (χ2v) is 3.96. The molecule has 2 aromatic rings. The molecule has 0 aliphatic heterocycles. The summed E-state index contributed by atoms with van der Waals surface area (Å²) in [6, 6.07) is 0. The molecule has 0 unspecified atom stereocenters. The molecule has 90 valence electrons. The minimum Gasteiger partial charge on any atom is -0.383 e. The Kier molecular flexibility index (Phi) is 2.89. The van der Waals surface area contributed by atoms with Crippen LogP contribution in [0.3, 0.4) is 0 Å². The van der Waals surface area contributed by atoms with E-state index in [0.717, 1.165) is 0 Å². The van der Waals surface area contributed by atoms with Crippen LogP contribution in [0.25, 0.3) is 0 Å². The molecule has 0 amide bonds. The molecule has 17 heavy (non-hydrogen) atoms. The van der Waals surface area contributed by atoms with Crippen molar-refractivity contribution in [3.63, 3.8) is 0 Å². The standard InChI is InChI=1S/C10H12ClN5O/c1-3-16-8(7(11)5-14-16)9(17)6-4-13-15(2)10(6)12/h4-5H,3,12H2,1-2H3. The molecule has 0 radical (unpaired) electrons. The Balaban J connectivity index is 2.51. The number of ketones is 1. The molecular weight excluding hydrogens is 242 g/mol. The number of aromatic nitrogens is 4. The summed E-state index contributed by atoms with van der Waals surface area (Å²) in [6.45, 7) is 2.45. The number of aryl methyl sites for hydroxylation is 2. The first kappa shape index (κ1) is 11.7. The van der Waals surface area contributed by atoms with Gasteiger partial charge in [-0.2, -0.15) is 10.2 Å². The molecule has 2 N–H and O–H groups in total. The number of hydrogen-bond donors (Lipinski definition) is 1. The van der Waals surface area contributed by atoms with E-state index in [-0.39, 0.29) is 5.78 Å². The Bertz CT molecular complexity index is 571. The van der Waals surface area contributed by atoms with Crippen LogP contribution in [0.5, 0.6) is 0 Å². The van der Waals surface area contributed by atoms with Crippen LogP contribution >= 0.6 is 11.6 Å². The van der Waals surface area contributed by atoms with E-state index in [4.69, 9.17) is 17.3 Å². The third kappa shape index (κ3) is 1.80. The molecule has 0 bridgehead atoms. The fraction of sp³-hybridized carbons (Fsp3) is 0.300. The van der Waals surface area contributed by atoms with Gasteiger partial charge in [0, 0.05) is 13.6 Å². The van der Waals surface area contributed by atoms with Gasteiger partial charge < -0.3 is 5.73 Å². The lowest BCUT2D eigenvalue weighted by atomic mass is 10.1. The first-order chi connectivity index (χ1) is 8.06. The second kappa shape index (κ2) is 4.21. The Morgan fingerprint density at radius 1 is 1.47 bits per heavy atom. The summed E-state index contributed by atoms with van der Waals surface area (Å²) >= 11 is 5.96. The van der Waals surface area contributed by atoms with Gasteiger partial charge in [-0.15, -0.1) is 0 Å². The van der Waals surface area contributed by atoms with Crippen molar-refractivity contribution in [2.45, 2.75) is 13.5 Å². The third-order valence-electron chi connectivity index (χ3n) is 2.54. The van der Waals surface area contributed by atoms with Gasteiger partial charge in [-0.3, -0.25) is 14.2 Å². The fourth-order valence-electron chi connectivity index (χ4n) is 1.58. The molecule has 6 nitrogen and oxygen atoms in total. The molecule has 0 saturated carbocycles. The molecule has 0 aromatic carbocycles. The molecule has 2 heterocycles. The monoisotopic (exact) mass is 253 g/mol. The van der Waals surface area contributed by atoms with Crippen molar-refractivity contribution in [3.8, 4) is 0 Å². The average Bonchev–Trinajstić information content (AvgIpc) is 2.83. The minimum atomic E-state index is -0.264. The summed E-state index contributed by atoms with van der Waals surface area (Å²) in [5.74, 6) is 0.0508. The number of halogens is 1. The maximum absolute atomic E-state index is 12.3. The largest absolute Gasteiger partial charge is 0.383 e. The number of nitrogen functional groups attached to an aromatic ring is 1. The van der Waals surface area contributed by atoms with Gasteiger partial charge in [0.2, 0.25) is 5.78 Å². The zero-order chi connectivity index (χ0) is 12.6. The van der Waals surface area contributed by atoms with Crippen LogP contribution < -0.4 is 5.73 Å². The van der Waals surface area contributed by atoms with Crippen LogP contribution in [0.4, 0.5) is 5.82 Å². The summed E-state index contributed by atoms with van der Waals surface area (Å²) in [5, 5.41) is 8.26. The van der Waals surface area contributed by atoms with Gasteiger partial charge in [0.15, 0.2) is 0 Å². The van der Waals surface area contributed by atoms with Crippen LogP contribution in [0.15, 0.2) is 12.4 Å². The molecule has 0 aliphatic carbocycles. The zero-order valence-electron chi connectivity index (χ0n) is 9.51. The van der Waals surface area contributed by atoms with Gasteiger partial charge in [-0.05, 0) is 6.92 Å². The normalized spacial score (nSPS) is 10.8. The van der Waals surface area contributed by atoms with Crippen LogP contribution in [0.2, 0.25) is 5.02 Å². The Morgan fingerprint density at radius 3 is 2.71 bits per heavy atom. The fourth-order valence-corrected chi connectivity index (χ4v) is 1.80. The quantitative estimate of drug-likeness (QED) is 0.831. The molecule has 2 rings (SSSR count). The topological polar surface area (TPSA) is 78.7 Å². The highest BCUT2D eigenvalue weighted by molar-refractivity contribution is 6.34. The van der Waals surface area contributed by atoms with Crippen molar-refractivity contribution in [1.82, 2.24) is 19.6 Å². The number of nitrogens with zero attached hydrogens (tertiary/aromatic N) is 4. The molecule has 0 fully saturated rings. The van der Waals surface area contributed by atoms with Gasteiger partial charge in [0.1, 0.15) is 11.5 Å².